The highest BCUT2D eigenvalue weighted by molar-refractivity contribution is 6.00. The minimum Gasteiger partial charge on any atom is -0.390 e. The Bertz CT molecular complexity index is 504. The zero-order valence-electron chi connectivity index (χ0n) is 9.48. The van der Waals surface area contributed by atoms with Gasteiger partial charge in [0.1, 0.15) is 5.69 Å². The molecule has 1 saturated heterocycles. The number of rotatable bonds is 2. The van der Waals surface area contributed by atoms with Crippen molar-refractivity contribution in [2.45, 2.75) is 20.0 Å². The third-order valence-corrected chi connectivity index (χ3v) is 3.67. The molecule has 17 heavy (non-hydrogen) atoms. The molecule has 90 valence electrons. The van der Waals surface area contributed by atoms with Crippen molar-refractivity contribution in [3.8, 4) is 0 Å². The molecule has 1 aromatic rings. The Morgan fingerprint density at radius 3 is 3.00 bits per heavy atom. The van der Waals surface area contributed by atoms with Crippen molar-refractivity contribution in [2.24, 2.45) is 11.8 Å². The van der Waals surface area contributed by atoms with Crippen molar-refractivity contribution in [2.75, 3.05) is 11.4 Å². The second kappa shape index (κ2) is 3.50. The minimum absolute atomic E-state index is 0.0306. The largest absolute Gasteiger partial charge is 0.390 e. The molecule has 1 saturated carbocycles. The van der Waals surface area contributed by atoms with Gasteiger partial charge < -0.3 is 10.0 Å². The molecule has 5 heteroatoms. The van der Waals surface area contributed by atoms with E-state index in [1.807, 2.05) is 0 Å². The molecule has 2 heterocycles. The van der Waals surface area contributed by atoms with Gasteiger partial charge in [-0.2, -0.15) is 0 Å². The second-order valence-electron chi connectivity index (χ2n) is 4.74. The molecule has 1 amide bonds. The maximum absolute atomic E-state index is 13.8. The summed E-state index contributed by atoms with van der Waals surface area (Å²) in [5.74, 6) is 0.159. The summed E-state index contributed by atoms with van der Waals surface area (Å²) in [6.07, 6.45) is 2.45. The molecular weight excluding hydrogens is 223 g/mol. The maximum atomic E-state index is 13.8. The normalized spacial score (nSPS) is 26.3. The Morgan fingerprint density at radius 1 is 1.65 bits per heavy atom. The molecule has 0 unspecified atom stereocenters. The molecule has 4 nitrogen and oxygen atoms in total. The Labute approximate surface area is 98.1 Å². The number of halogens is 1. The van der Waals surface area contributed by atoms with Gasteiger partial charge in [-0.05, 0) is 19.3 Å². The summed E-state index contributed by atoms with van der Waals surface area (Å²) in [6.45, 7) is 1.86. The van der Waals surface area contributed by atoms with Crippen LogP contribution in [0.25, 0.3) is 0 Å². The summed E-state index contributed by atoms with van der Waals surface area (Å²) in [6, 6.07) is 0. The van der Waals surface area contributed by atoms with E-state index in [4.69, 9.17) is 5.11 Å². The van der Waals surface area contributed by atoms with Crippen molar-refractivity contribution < 1.29 is 14.3 Å². The standard InChI is InChI=1S/C12H13FN2O2/c1-6-10(3-14-9(5-16)11(6)13)15-4-7-2-8(7)12(15)17/h3,7-8,16H,2,4-5H2,1H3/t7-,8-/m1/s1. The molecule has 2 fully saturated rings. The van der Waals surface area contributed by atoms with Gasteiger partial charge in [0.15, 0.2) is 5.82 Å². The fraction of sp³-hybridized carbons (Fsp3) is 0.500. The van der Waals surface area contributed by atoms with Gasteiger partial charge in [0.25, 0.3) is 0 Å². The quantitative estimate of drug-likeness (QED) is 0.833. The number of fused-ring (bicyclic) bond motifs is 1. The summed E-state index contributed by atoms with van der Waals surface area (Å²) in [5.41, 5.74) is 0.957. The molecule has 0 bridgehead atoms. The van der Waals surface area contributed by atoms with Crippen molar-refractivity contribution in [3.63, 3.8) is 0 Å². The number of aromatic nitrogens is 1. The summed E-state index contributed by atoms with van der Waals surface area (Å²) < 4.78 is 13.8. The van der Waals surface area contributed by atoms with E-state index in [1.165, 1.54) is 6.20 Å². The van der Waals surface area contributed by atoms with E-state index in [1.54, 1.807) is 11.8 Å². The minimum atomic E-state index is -0.515. The zero-order chi connectivity index (χ0) is 12.2. The Hall–Kier alpha value is -1.49. The van der Waals surface area contributed by atoms with E-state index in [9.17, 15) is 9.18 Å². The first-order chi connectivity index (χ1) is 8.13. The predicted octanol–water partition coefficient (Wildman–Crippen LogP) is 1.00. The summed E-state index contributed by atoms with van der Waals surface area (Å²) >= 11 is 0. The Balaban J connectivity index is 1.99. The molecule has 0 spiro atoms. The van der Waals surface area contributed by atoms with Gasteiger partial charge in [-0.1, -0.05) is 0 Å². The van der Waals surface area contributed by atoms with E-state index in [2.05, 4.69) is 4.98 Å². The van der Waals surface area contributed by atoms with Crippen LogP contribution in [0, 0.1) is 24.6 Å². The van der Waals surface area contributed by atoms with Gasteiger partial charge in [0, 0.05) is 18.0 Å². The average molecular weight is 236 g/mol. The number of nitrogens with zero attached hydrogens (tertiary/aromatic N) is 2. The molecule has 1 aromatic heterocycles. The van der Waals surface area contributed by atoms with Gasteiger partial charge in [-0.3, -0.25) is 9.78 Å². The SMILES string of the molecule is Cc1c(N2C[C@H]3C[C@H]3C2=O)cnc(CO)c1F. The highest BCUT2D eigenvalue weighted by Crippen LogP contribution is 2.47. The average Bonchev–Trinajstić information content (AvgIpc) is 3.02. The fourth-order valence-corrected chi connectivity index (χ4v) is 2.50. The molecule has 0 aromatic carbocycles. The smallest absolute Gasteiger partial charge is 0.230 e. The van der Waals surface area contributed by atoms with Crippen LogP contribution in [0.3, 0.4) is 0 Å². The van der Waals surface area contributed by atoms with E-state index >= 15 is 0 Å². The lowest BCUT2D eigenvalue weighted by atomic mass is 10.2. The van der Waals surface area contributed by atoms with Crippen molar-refractivity contribution in [1.82, 2.24) is 4.98 Å². The van der Waals surface area contributed by atoms with Crippen molar-refractivity contribution in [1.29, 1.82) is 0 Å². The molecule has 0 radical (unpaired) electrons. The fourth-order valence-electron chi connectivity index (χ4n) is 2.50. The van der Waals surface area contributed by atoms with Crippen LogP contribution >= 0.6 is 0 Å². The first-order valence-corrected chi connectivity index (χ1v) is 5.69. The predicted molar refractivity (Wildman–Crippen MR) is 58.8 cm³/mol. The molecule has 1 aliphatic carbocycles. The summed E-state index contributed by atoms with van der Waals surface area (Å²) in [4.78, 5) is 17.4. The molecule has 1 N–H and O–H groups in total. The molecule has 3 rings (SSSR count). The van der Waals surface area contributed by atoms with Crippen LogP contribution < -0.4 is 4.90 Å². The van der Waals surface area contributed by atoms with E-state index in [0.29, 0.717) is 23.7 Å². The van der Waals surface area contributed by atoms with Crippen LogP contribution in [0.15, 0.2) is 6.20 Å². The van der Waals surface area contributed by atoms with E-state index in [0.717, 1.165) is 6.42 Å². The lowest BCUT2D eigenvalue weighted by Crippen LogP contribution is -2.29. The zero-order valence-corrected chi connectivity index (χ0v) is 9.48. The van der Waals surface area contributed by atoms with Crippen LogP contribution in [0.2, 0.25) is 0 Å². The highest BCUT2D eigenvalue weighted by atomic mass is 19.1. The van der Waals surface area contributed by atoms with Crippen LogP contribution in [0.5, 0.6) is 0 Å². The number of aliphatic hydroxyl groups is 1. The number of hydrogen-bond acceptors (Lipinski definition) is 3. The van der Waals surface area contributed by atoms with E-state index < -0.39 is 12.4 Å². The first-order valence-electron chi connectivity index (χ1n) is 5.69. The maximum Gasteiger partial charge on any atom is 0.230 e. The number of hydrogen-bond donors (Lipinski definition) is 1. The van der Waals surface area contributed by atoms with E-state index in [-0.39, 0.29) is 17.5 Å². The number of pyridine rings is 1. The first kappa shape index (κ1) is 10.7. The monoisotopic (exact) mass is 236 g/mol. The van der Waals surface area contributed by atoms with Crippen molar-refractivity contribution >= 4 is 11.6 Å². The Kier molecular flexibility index (Phi) is 2.19. The molecule has 2 atom stereocenters. The lowest BCUT2D eigenvalue weighted by molar-refractivity contribution is -0.118. The molecule has 1 aliphatic heterocycles. The number of aliphatic hydroxyl groups excluding tert-OH is 1. The highest BCUT2D eigenvalue weighted by Gasteiger charge is 2.52. The molecular formula is C12H13FN2O2. The van der Waals surface area contributed by atoms with Crippen LogP contribution in [0.1, 0.15) is 17.7 Å². The summed E-state index contributed by atoms with van der Waals surface area (Å²) in [7, 11) is 0. The van der Waals surface area contributed by atoms with Crippen LogP contribution in [0.4, 0.5) is 10.1 Å². The summed E-state index contributed by atoms with van der Waals surface area (Å²) in [5, 5.41) is 8.92. The number of carbonyl (C=O) groups is 1. The van der Waals surface area contributed by atoms with Gasteiger partial charge in [-0.15, -0.1) is 0 Å². The van der Waals surface area contributed by atoms with Gasteiger partial charge in [-0.25, -0.2) is 4.39 Å². The van der Waals surface area contributed by atoms with Gasteiger partial charge >= 0.3 is 0 Å². The van der Waals surface area contributed by atoms with Gasteiger partial charge in [0.2, 0.25) is 5.91 Å². The number of amides is 1. The third kappa shape index (κ3) is 1.45. The van der Waals surface area contributed by atoms with Crippen LogP contribution in [-0.4, -0.2) is 22.5 Å². The lowest BCUT2D eigenvalue weighted by Gasteiger charge is -2.20. The molecule has 2 aliphatic rings. The third-order valence-electron chi connectivity index (χ3n) is 3.67. The van der Waals surface area contributed by atoms with Crippen LogP contribution in [-0.2, 0) is 11.4 Å². The van der Waals surface area contributed by atoms with Gasteiger partial charge in [0.05, 0.1) is 18.5 Å². The van der Waals surface area contributed by atoms with Crippen molar-refractivity contribution in [3.05, 3.63) is 23.3 Å². The Morgan fingerprint density at radius 2 is 2.41 bits per heavy atom. The topological polar surface area (TPSA) is 53.4 Å². The number of carbonyl (C=O) groups excluding carboxylic acids is 1. The number of anilines is 1. The second-order valence-corrected chi connectivity index (χ2v) is 4.74. The number of piperidine rings is 1.